The molecule has 2 heterocycles. The molecule has 2 aliphatic rings. The molecular formula is C37H50N2O10S. The molecule has 2 N–H and O–H groups in total. The Bertz CT molecular complexity index is 1460. The van der Waals surface area contributed by atoms with Gasteiger partial charge >= 0.3 is 0 Å². The second-order valence-electron chi connectivity index (χ2n) is 12.1. The molecule has 274 valence electrons. The SMILES string of the molecule is O=S(=O)(NCc1ccc(C2OC(CN3CCOCCOCCOCCOCCOCC3)CC(c3ccc(CO)cc3)O2)cc1)c1ccccc1. The van der Waals surface area contributed by atoms with E-state index in [2.05, 4.69) is 9.62 Å². The second-order valence-corrected chi connectivity index (χ2v) is 13.9. The van der Waals surface area contributed by atoms with Crippen LogP contribution in [0.4, 0.5) is 0 Å². The zero-order chi connectivity index (χ0) is 34.9. The van der Waals surface area contributed by atoms with Gasteiger partial charge < -0.3 is 38.3 Å². The molecule has 50 heavy (non-hydrogen) atoms. The van der Waals surface area contributed by atoms with Gasteiger partial charge in [0.1, 0.15) is 0 Å². The highest BCUT2D eigenvalue weighted by Crippen LogP contribution is 2.38. The van der Waals surface area contributed by atoms with Crippen molar-refractivity contribution in [2.45, 2.75) is 43.0 Å². The molecule has 3 unspecified atom stereocenters. The van der Waals surface area contributed by atoms with Crippen LogP contribution in [0.15, 0.2) is 83.8 Å². The predicted octanol–water partition coefficient (Wildman–Crippen LogP) is 3.60. The molecule has 3 aromatic carbocycles. The lowest BCUT2D eigenvalue weighted by atomic mass is 9.99. The minimum atomic E-state index is -3.63. The first kappa shape index (κ1) is 38.4. The molecular weight excluding hydrogens is 664 g/mol. The van der Waals surface area contributed by atoms with E-state index >= 15 is 0 Å². The third-order valence-corrected chi connectivity index (χ3v) is 9.86. The zero-order valence-corrected chi connectivity index (χ0v) is 29.3. The average molecular weight is 715 g/mol. The van der Waals surface area contributed by atoms with Gasteiger partial charge in [0.25, 0.3) is 0 Å². The van der Waals surface area contributed by atoms with Crippen LogP contribution in [0.25, 0.3) is 0 Å². The molecule has 2 saturated heterocycles. The topological polar surface area (TPSA) is 134 Å². The molecule has 2 aliphatic heterocycles. The zero-order valence-electron chi connectivity index (χ0n) is 28.5. The summed E-state index contributed by atoms with van der Waals surface area (Å²) in [5.41, 5.74) is 3.48. The maximum atomic E-state index is 12.7. The van der Waals surface area contributed by atoms with E-state index in [0.29, 0.717) is 92.1 Å². The number of sulfonamides is 1. The summed E-state index contributed by atoms with van der Waals surface area (Å²) < 4.78 is 69.7. The molecule has 3 atom stereocenters. The number of aliphatic hydroxyl groups excluding tert-OH is 1. The molecule has 0 bridgehead atoms. The molecule has 0 spiro atoms. The number of benzene rings is 3. The summed E-state index contributed by atoms with van der Waals surface area (Å²) in [7, 11) is -3.63. The van der Waals surface area contributed by atoms with Crippen molar-refractivity contribution in [3.05, 3.63) is 101 Å². The van der Waals surface area contributed by atoms with Crippen LogP contribution in [0.2, 0.25) is 0 Å². The fourth-order valence-corrected chi connectivity index (χ4v) is 6.68. The van der Waals surface area contributed by atoms with Crippen molar-refractivity contribution in [1.82, 2.24) is 9.62 Å². The van der Waals surface area contributed by atoms with Crippen molar-refractivity contribution < 1.29 is 46.7 Å². The average Bonchev–Trinajstić information content (AvgIpc) is 3.15. The molecule has 0 aliphatic carbocycles. The molecule has 0 amide bonds. The van der Waals surface area contributed by atoms with E-state index in [1.165, 1.54) is 0 Å². The van der Waals surface area contributed by atoms with E-state index in [4.69, 9.17) is 33.2 Å². The molecule has 12 nitrogen and oxygen atoms in total. The van der Waals surface area contributed by atoms with Crippen LogP contribution < -0.4 is 4.72 Å². The standard InChI is InChI=1S/C37H50N2O10S/c40-29-31-8-10-32(11-9-31)36-26-34(28-39-14-16-43-18-20-45-22-24-47-25-23-46-21-19-44-17-15-39)48-37(49-36)33-12-6-30(7-13-33)27-38-50(41,42)35-4-2-1-3-5-35/h1-13,34,36-38,40H,14-29H2. The van der Waals surface area contributed by atoms with E-state index in [9.17, 15) is 13.5 Å². The van der Waals surface area contributed by atoms with E-state index in [-0.39, 0.29) is 30.3 Å². The summed E-state index contributed by atoms with van der Waals surface area (Å²) in [5, 5.41) is 9.58. The van der Waals surface area contributed by atoms with Crippen molar-refractivity contribution >= 4 is 10.0 Å². The lowest BCUT2D eigenvalue weighted by Crippen LogP contribution is -2.42. The van der Waals surface area contributed by atoms with Crippen molar-refractivity contribution in [3.63, 3.8) is 0 Å². The van der Waals surface area contributed by atoms with Crippen LogP contribution in [0.5, 0.6) is 0 Å². The number of nitrogens with one attached hydrogen (secondary N) is 1. The smallest absolute Gasteiger partial charge is 0.240 e. The third-order valence-electron chi connectivity index (χ3n) is 8.44. The fourth-order valence-electron chi connectivity index (χ4n) is 5.64. The van der Waals surface area contributed by atoms with Crippen LogP contribution in [0.3, 0.4) is 0 Å². The number of hydrogen-bond donors (Lipinski definition) is 2. The Labute approximate surface area is 295 Å². The molecule has 3 aromatic rings. The fraction of sp³-hybridized carbons (Fsp3) is 0.514. The van der Waals surface area contributed by atoms with E-state index in [0.717, 1.165) is 22.3 Å². The summed E-state index contributed by atoms with van der Waals surface area (Å²) in [6, 6.07) is 23.7. The first-order valence-electron chi connectivity index (χ1n) is 17.3. The number of nitrogens with zero attached hydrogens (tertiary/aromatic N) is 1. The van der Waals surface area contributed by atoms with E-state index in [1.54, 1.807) is 30.3 Å². The van der Waals surface area contributed by atoms with Crippen LogP contribution in [-0.4, -0.2) is 110 Å². The first-order chi connectivity index (χ1) is 24.5. The molecule has 13 heteroatoms. The summed E-state index contributed by atoms with van der Waals surface area (Å²) >= 11 is 0. The van der Waals surface area contributed by atoms with Gasteiger partial charge in [-0.25, -0.2) is 13.1 Å². The maximum absolute atomic E-state index is 12.7. The molecule has 0 saturated carbocycles. The number of rotatable bonds is 9. The van der Waals surface area contributed by atoms with Gasteiger partial charge in [-0.05, 0) is 28.8 Å². The van der Waals surface area contributed by atoms with Gasteiger partial charge in [0.2, 0.25) is 10.0 Å². The Morgan fingerprint density at radius 3 is 1.72 bits per heavy atom. The van der Waals surface area contributed by atoms with Gasteiger partial charge in [0.05, 0.1) is 89.8 Å². The van der Waals surface area contributed by atoms with Crippen molar-refractivity contribution in [3.8, 4) is 0 Å². The Morgan fingerprint density at radius 2 is 1.16 bits per heavy atom. The highest BCUT2D eigenvalue weighted by atomic mass is 32.2. The largest absolute Gasteiger partial charge is 0.392 e. The maximum Gasteiger partial charge on any atom is 0.240 e. The van der Waals surface area contributed by atoms with Gasteiger partial charge in [-0.2, -0.15) is 0 Å². The Hall–Kier alpha value is -2.79. The minimum Gasteiger partial charge on any atom is -0.392 e. The summed E-state index contributed by atoms with van der Waals surface area (Å²) in [5.74, 6) is 0. The molecule has 0 radical (unpaired) electrons. The van der Waals surface area contributed by atoms with Crippen LogP contribution >= 0.6 is 0 Å². The summed E-state index contributed by atoms with van der Waals surface area (Å²) in [6.45, 7) is 7.30. The number of ether oxygens (including phenoxy) is 7. The quantitative estimate of drug-likeness (QED) is 0.337. The molecule has 0 aromatic heterocycles. The van der Waals surface area contributed by atoms with Gasteiger partial charge in [-0.15, -0.1) is 0 Å². The monoisotopic (exact) mass is 714 g/mol. The van der Waals surface area contributed by atoms with Gasteiger partial charge in [0, 0.05) is 38.2 Å². The second kappa shape index (κ2) is 20.9. The predicted molar refractivity (Wildman–Crippen MR) is 186 cm³/mol. The van der Waals surface area contributed by atoms with Crippen molar-refractivity contribution in [2.24, 2.45) is 0 Å². The van der Waals surface area contributed by atoms with Gasteiger partial charge in [-0.1, -0.05) is 66.7 Å². The lowest BCUT2D eigenvalue weighted by Gasteiger charge is -2.38. The highest BCUT2D eigenvalue weighted by Gasteiger charge is 2.33. The summed E-state index contributed by atoms with van der Waals surface area (Å²) in [4.78, 5) is 2.51. The summed E-state index contributed by atoms with van der Waals surface area (Å²) in [6.07, 6.45) is -0.415. The Morgan fingerprint density at radius 1 is 0.640 bits per heavy atom. The Kier molecular flexibility index (Phi) is 16.1. The van der Waals surface area contributed by atoms with Crippen LogP contribution in [-0.2, 0) is 56.3 Å². The number of aliphatic hydroxyl groups is 1. The van der Waals surface area contributed by atoms with Gasteiger partial charge in [0.15, 0.2) is 6.29 Å². The molecule has 2 fully saturated rings. The lowest BCUT2D eigenvalue weighted by molar-refractivity contribution is -0.253. The van der Waals surface area contributed by atoms with Crippen molar-refractivity contribution in [2.75, 3.05) is 85.7 Å². The minimum absolute atomic E-state index is 0.0280. The van der Waals surface area contributed by atoms with Crippen LogP contribution in [0.1, 0.15) is 41.1 Å². The third kappa shape index (κ3) is 12.8. The normalized spacial score (nSPS) is 23.1. The highest BCUT2D eigenvalue weighted by molar-refractivity contribution is 7.89. The van der Waals surface area contributed by atoms with Crippen LogP contribution in [0, 0.1) is 0 Å². The van der Waals surface area contributed by atoms with E-state index < -0.39 is 16.3 Å². The number of hydrogen-bond acceptors (Lipinski definition) is 11. The first-order valence-corrected chi connectivity index (χ1v) is 18.7. The molecule has 5 rings (SSSR count). The van der Waals surface area contributed by atoms with Crippen molar-refractivity contribution in [1.29, 1.82) is 0 Å². The van der Waals surface area contributed by atoms with Gasteiger partial charge in [-0.3, -0.25) is 4.90 Å². The Balaban J connectivity index is 1.24. The van der Waals surface area contributed by atoms with E-state index in [1.807, 2.05) is 48.5 Å².